The molecule has 0 saturated carbocycles. The van der Waals surface area contributed by atoms with E-state index in [4.69, 9.17) is 10.5 Å². The molecule has 0 saturated heterocycles. The van der Waals surface area contributed by atoms with Gasteiger partial charge in [-0.1, -0.05) is 0 Å². The van der Waals surface area contributed by atoms with Crippen LogP contribution in [0.1, 0.15) is 33.6 Å². The van der Waals surface area contributed by atoms with Crippen LogP contribution in [0, 0.1) is 17.6 Å². The third kappa shape index (κ3) is 4.00. The molecule has 31 heavy (non-hydrogen) atoms. The standard InChI is InChI=1S/C23H23F2N3O2.ClH/c24-13-2-6-21-17(8-13)16-7-12(1-5-20(16)28-21)10-27-14-9-18-15(23(26)29)3-4-19(25)22(18)30-11-14;/h2-4,6,8,12,14,27-28H,1,5,7,9-11H2,(H2,26,29);1H/t12-,14-;/m1./s1. The predicted octanol–water partition coefficient (Wildman–Crippen LogP) is 3.67. The van der Waals surface area contributed by atoms with Gasteiger partial charge in [0.1, 0.15) is 12.4 Å². The third-order valence-corrected chi connectivity index (χ3v) is 6.30. The Bertz CT molecular complexity index is 1150. The van der Waals surface area contributed by atoms with Crippen LogP contribution in [0.25, 0.3) is 10.9 Å². The fraction of sp³-hybridized carbons (Fsp3) is 0.348. The molecule has 2 aromatic carbocycles. The molecule has 0 unspecified atom stereocenters. The molecule has 1 amide bonds. The van der Waals surface area contributed by atoms with Gasteiger partial charge in [-0.2, -0.15) is 0 Å². The van der Waals surface area contributed by atoms with E-state index in [9.17, 15) is 13.6 Å². The number of aryl methyl sites for hydroxylation is 1. The molecule has 0 spiro atoms. The quantitative estimate of drug-likeness (QED) is 0.571. The number of hydrogen-bond acceptors (Lipinski definition) is 3. The molecular weight excluding hydrogens is 424 g/mol. The molecule has 1 aliphatic heterocycles. The van der Waals surface area contributed by atoms with Gasteiger partial charge in [-0.25, -0.2) is 8.78 Å². The lowest BCUT2D eigenvalue weighted by molar-refractivity contribution is 0.0997. The normalized spacial score (nSPS) is 19.8. The lowest BCUT2D eigenvalue weighted by Gasteiger charge is -2.30. The minimum Gasteiger partial charge on any atom is -0.489 e. The molecule has 2 aliphatic rings. The highest BCUT2D eigenvalue weighted by molar-refractivity contribution is 5.95. The Hall–Kier alpha value is -2.64. The number of hydrogen-bond donors (Lipinski definition) is 3. The number of halogens is 3. The van der Waals surface area contributed by atoms with Crippen LogP contribution in [0.3, 0.4) is 0 Å². The minimum atomic E-state index is -0.582. The van der Waals surface area contributed by atoms with Crippen LogP contribution in [0.5, 0.6) is 5.75 Å². The van der Waals surface area contributed by atoms with E-state index in [0.717, 1.165) is 36.7 Å². The fourth-order valence-electron chi connectivity index (χ4n) is 4.78. The number of carbonyl (C=O) groups is 1. The van der Waals surface area contributed by atoms with Gasteiger partial charge < -0.3 is 20.8 Å². The van der Waals surface area contributed by atoms with Crippen LogP contribution < -0.4 is 15.8 Å². The van der Waals surface area contributed by atoms with Crippen molar-refractivity contribution < 1.29 is 18.3 Å². The van der Waals surface area contributed by atoms with Gasteiger partial charge in [0.05, 0.1) is 0 Å². The second kappa shape index (κ2) is 8.48. The molecule has 0 radical (unpaired) electrons. The highest BCUT2D eigenvalue weighted by Crippen LogP contribution is 2.33. The Kier molecular flexibility index (Phi) is 5.90. The first kappa shape index (κ1) is 21.6. The van der Waals surface area contributed by atoms with Gasteiger partial charge >= 0.3 is 0 Å². The van der Waals surface area contributed by atoms with Crippen molar-refractivity contribution in [3.8, 4) is 5.75 Å². The average molecular weight is 448 g/mol. The van der Waals surface area contributed by atoms with Crippen molar-refractivity contribution in [3.63, 3.8) is 0 Å². The highest BCUT2D eigenvalue weighted by Gasteiger charge is 2.28. The van der Waals surface area contributed by atoms with Gasteiger partial charge in [0, 0.05) is 33.8 Å². The smallest absolute Gasteiger partial charge is 0.249 e. The predicted molar refractivity (Wildman–Crippen MR) is 117 cm³/mol. The van der Waals surface area contributed by atoms with E-state index < -0.39 is 11.7 Å². The van der Waals surface area contributed by atoms with Gasteiger partial charge in [0.25, 0.3) is 0 Å². The molecule has 2 atom stereocenters. The first-order chi connectivity index (χ1) is 14.5. The van der Waals surface area contributed by atoms with Crippen LogP contribution in [-0.4, -0.2) is 30.1 Å². The molecule has 164 valence electrons. The van der Waals surface area contributed by atoms with Crippen LogP contribution in [0.4, 0.5) is 8.78 Å². The Balaban J connectivity index is 0.00000231. The highest BCUT2D eigenvalue weighted by atomic mass is 35.5. The minimum absolute atomic E-state index is 0. The van der Waals surface area contributed by atoms with Crippen LogP contribution in [0.2, 0.25) is 0 Å². The number of ether oxygens (including phenoxy) is 1. The lowest BCUT2D eigenvalue weighted by atomic mass is 9.86. The Morgan fingerprint density at radius 1 is 1.19 bits per heavy atom. The van der Waals surface area contributed by atoms with E-state index in [0.29, 0.717) is 30.1 Å². The van der Waals surface area contributed by atoms with Crippen LogP contribution in [0.15, 0.2) is 30.3 Å². The van der Waals surface area contributed by atoms with Gasteiger partial charge in [-0.15, -0.1) is 12.4 Å². The molecular formula is C23H24ClF2N3O2. The van der Waals surface area contributed by atoms with Crippen molar-refractivity contribution in [3.05, 3.63) is 64.4 Å². The largest absolute Gasteiger partial charge is 0.489 e. The number of nitrogens with two attached hydrogens (primary N) is 1. The van der Waals surface area contributed by atoms with E-state index in [1.807, 2.05) is 0 Å². The van der Waals surface area contributed by atoms with Crippen LogP contribution >= 0.6 is 12.4 Å². The van der Waals surface area contributed by atoms with E-state index in [2.05, 4.69) is 10.3 Å². The molecule has 5 rings (SSSR count). The molecule has 1 aliphatic carbocycles. The van der Waals surface area contributed by atoms with Crippen molar-refractivity contribution in [1.82, 2.24) is 10.3 Å². The van der Waals surface area contributed by atoms with Gasteiger partial charge in [0.2, 0.25) is 5.91 Å². The molecule has 4 N–H and O–H groups in total. The lowest BCUT2D eigenvalue weighted by Crippen LogP contribution is -2.43. The van der Waals surface area contributed by atoms with E-state index in [1.54, 1.807) is 12.1 Å². The Morgan fingerprint density at radius 3 is 2.84 bits per heavy atom. The summed E-state index contributed by atoms with van der Waals surface area (Å²) in [4.78, 5) is 15.1. The molecule has 0 bridgehead atoms. The summed E-state index contributed by atoms with van der Waals surface area (Å²) in [5, 5.41) is 4.48. The molecule has 1 aromatic heterocycles. The molecule has 2 heterocycles. The maximum atomic E-state index is 14.1. The van der Waals surface area contributed by atoms with Gasteiger partial charge in [0.15, 0.2) is 11.6 Å². The third-order valence-electron chi connectivity index (χ3n) is 6.30. The summed E-state index contributed by atoms with van der Waals surface area (Å²) in [6.07, 6.45) is 3.32. The zero-order chi connectivity index (χ0) is 20.8. The van der Waals surface area contributed by atoms with E-state index >= 15 is 0 Å². The van der Waals surface area contributed by atoms with Gasteiger partial charge in [-0.3, -0.25) is 4.79 Å². The maximum Gasteiger partial charge on any atom is 0.249 e. The zero-order valence-electron chi connectivity index (χ0n) is 16.8. The number of carbonyl (C=O) groups excluding carboxylic acids is 1. The molecule has 5 nitrogen and oxygen atoms in total. The van der Waals surface area contributed by atoms with E-state index in [1.165, 1.54) is 29.5 Å². The second-order valence-electron chi connectivity index (χ2n) is 8.27. The fourth-order valence-corrected chi connectivity index (χ4v) is 4.78. The van der Waals surface area contributed by atoms with Crippen molar-refractivity contribution in [2.45, 2.75) is 31.7 Å². The number of fused-ring (bicyclic) bond motifs is 4. The number of rotatable bonds is 4. The van der Waals surface area contributed by atoms with Crippen molar-refractivity contribution in [1.29, 1.82) is 0 Å². The Labute approximate surface area is 184 Å². The SMILES string of the molecule is Cl.NC(=O)c1ccc(F)c2c1C[C@@H](NC[C@@H]1CCc3[nH]c4ccc(F)cc4c3C1)CO2. The van der Waals surface area contributed by atoms with Gasteiger partial charge in [-0.05, 0) is 74.0 Å². The number of primary amides is 1. The zero-order valence-corrected chi connectivity index (χ0v) is 17.7. The number of H-pyrrole nitrogens is 1. The summed E-state index contributed by atoms with van der Waals surface area (Å²) in [6, 6.07) is 7.48. The molecule has 0 fully saturated rings. The van der Waals surface area contributed by atoms with Crippen molar-refractivity contribution >= 4 is 29.2 Å². The number of benzene rings is 2. The van der Waals surface area contributed by atoms with Crippen molar-refractivity contribution in [2.75, 3.05) is 13.2 Å². The number of amides is 1. The molecule has 3 aromatic rings. The maximum absolute atomic E-state index is 14.1. The summed E-state index contributed by atoms with van der Waals surface area (Å²) in [7, 11) is 0. The molecule has 8 heteroatoms. The second-order valence-corrected chi connectivity index (χ2v) is 8.27. The number of aromatic nitrogens is 1. The summed E-state index contributed by atoms with van der Waals surface area (Å²) < 4.78 is 33.4. The summed E-state index contributed by atoms with van der Waals surface area (Å²) >= 11 is 0. The number of nitrogens with one attached hydrogen (secondary N) is 2. The van der Waals surface area contributed by atoms with Crippen molar-refractivity contribution in [2.24, 2.45) is 11.7 Å². The Morgan fingerprint density at radius 2 is 2.03 bits per heavy atom. The number of aromatic amines is 1. The first-order valence-corrected chi connectivity index (χ1v) is 10.3. The first-order valence-electron chi connectivity index (χ1n) is 10.3. The summed E-state index contributed by atoms with van der Waals surface area (Å²) in [5.74, 6) is -0.737. The summed E-state index contributed by atoms with van der Waals surface area (Å²) in [6.45, 7) is 1.11. The topological polar surface area (TPSA) is 80.1 Å². The summed E-state index contributed by atoms with van der Waals surface area (Å²) in [5.41, 5.74) is 9.66. The van der Waals surface area contributed by atoms with E-state index in [-0.39, 0.29) is 30.0 Å². The van der Waals surface area contributed by atoms with Crippen LogP contribution in [-0.2, 0) is 19.3 Å². The average Bonchev–Trinajstić information content (AvgIpc) is 3.09. The monoisotopic (exact) mass is 447 g/mol.